The molecule has 5 rings (SSSR count). The fourth-order valence-corrected chi connectivity index (χ4v) is 10.4. The molecule has 0 saturated heterocycles. The van der Waals surface area contributed by atoms with E-state index < -0.39 is 8.32 Å². The third kappa shape index (κ3) is 3.23. The van der Waals surface area contributed by atoms with E-state index in [-0.39, 0.29) is 23.7 Å². The lowest BCUT2D eigenvalue weighted by Crippen LogP contribution is -2.57. The van der Waals surface area contributed by atoms with Gasteiger partial charge in [-0.1, -0.05) is 38.5 Å². The lowest BCUT2D eigenvalue weighted by Gasteiger charge is -2.57. The van der Waals surface area contributed by atoms with Crippen LogP contribution in [0.15, 0.2) is 18.2 Å². The van der Waals surface area contributed by atoms with Crippen molar-refractivity contribution in [3.8, 4) is 0 Å². The Morgan fingerprint density at radius 1 is 1.19 bits per heavy atom. The molecule has 3 unspecified atom stereocenters. The van der Waals surface area contributed by atoms with Gasteiger partial charge in [0.25, 0.3) is 0 Å². The molecule has 2 N–H and O–H groups in total. The van der Waals surface area contributed by atoms with Crippen LogP contribution in [-0.2, 0) is 17.5 Å². The average molecular weight is 443 g/mol. The predicted molar refractivity (Wildman–Crippen MR) is 127 cm³/mol. The normalized spacial score (nSPS) is 43.8. The molecule has 8 atom stereocenters. The summed E-state index contributed by atoms with van der Waals surface area (Å²) in [5, 5.41) is 20.4. The molecule has 3 fully saturated rings. The molecule has 0 amide bonds. The van der Waals surface area contributed by atoms with Crippen molar-refractivity contribution in [1.29, 1.82) is 0 Å². The van der Waals surface area contributed by atoms with Crippen molar-refractivity contribution in [2.45, 2.75) is 103 Å². The molecule has 4 heteroatoms. The first kappa shape index (κ1) is 22.1. The van der Waals surface area contributed by atoms with E-state index in [1.54, 1.807) is 5.56 Å². The van der Waals surface area contributed by atoms with Gasteiger partial charge < -0.3 is 14.6 Å². The zero-order valence-electron chi connectivity index (χ0n) is 20.2. The smallest absolute Gasteiger partial charge is 0.184 e. The molecule has 31 heavy (non-hydrogen) atoms. The van der Waals surface area contributed by atoms with Gasteiger partial charge in [-0.05, 0) is 103 Å². The van der Waals surface area contributed by atoms with E-state index in [4.69, 9.17) is 4.43 Å². The topological polar surface area (TPSA) is 49.7 Å². The minimum absolute atomic E-state index is 0.119. The van der Waals surface area contributed by atoms with E-state index in [1.165, 1.54) is 31.2 Å². The summed E-state index contributed by atoms with van der Waals surface area (Å²) in [6, 6.07) is 6.75. The predicted octanol–water partition coefficient (Wildman–Crippen LogP) is 5.64. The van der Waals surface area contributed by atoms with Crippen LogP contribution >= 0.6 is 0 Å². The van der Waals surface area contributed by atoms with Crippen LogP contribution in [0.25, 0.3) is 0 Å². The lowest BCUT2D eigenvalue weighted by molar-refractivity contribution is -0.110. The fourth-order valence-electron chi connectivity index (χ4n) is 8.83. The number of hydrogen-bond donors (Lipinski definition) is 2. The second kappa shape index (κ2) is 7.41. The van der Waals surface area contributed by atoms with Crippen LogP contribution in [0.1, 0.15) is 75.0 Å². The highest BCUT2D eigenvalue weighted by atomic mass is 28.4. The average Bonchev–Trinajstić information content (AvgIpc) is 3.13. The number of hydrogen-bond acceptors (Lipinski definition) is 3. The van der Waals surface area contributed by atoms with Crippen LogP contribution in [-0.4, -0.2) is 30.2 Å². The molecule has 0 aromatic heterocycles. The van der Waals surface area contributed by atoms with Crippen LogP contribution in [0.2, 0.25) is 19.6 Å². The number of benzene rings is 1. The molecule has 3 saturated carbocycles. The number of aliphatic hydroxyl groups excluding tert-OH is 2. The van der Waals surface area contributed by atoms with Crippen molar-refractivity contribution in [2.24, 2.45) is 29.1 Å². The van der Waals surface area contributed by atoms with Gasteiger partial charge in [0.05, 0.1) is 18.3 Å². The van der Waals surface area contributed by atoms with Crippen LogP contribution < -0.4 is 0 Å². The van der Waals surface area contributed by atoms with Gasteiger partial charge in [-0.25, -0.2) is 0 Å². The molecular weight excluding hydrogens is 400 g/mol. The van der Waals surface area contributed by atoms with Gasteiger partial charge in [0.2, 0.25) is 0 Å². The highest BCUT2D eigenvalue weighted by Crippen LogP contribution is 2.71. The Bertz CT molecular complexity index is 847. The second-order valence-corrected chi connectivity index (χ2v) is 16.9. The third-order valence-corrected chi connectivity index (χ3v) is 10.8. The van der Waals surface area contributed by atoms with Crippen LogP contribution in [0.3, 0.4) is 0 Å². The van der Waals surface area contributed by atoms with Crippen molar-refractivity contribution < 1.29 is 14.6 Å². The lowest BCUT2D eigenvalue weighted by atomic mass is 9.50. The molecule has 1 aromatic rings. The standard InChI is InChI=1S/C27H42O3Si/c1-6-18-12-19-11-17(16-28)7-8-22(19)23-9-10-26(2)24(25(18)23)14-20-13-21(29)15-27(20,26)30-31(3,4)5/h7-8,11,18,20-21,23-25,28-29H,6,9-10,12-16H2,1-5H3/t18-,20-,21+,23?,24?,25?,26+,27+/m1/s1. The van der Waals surface area contributed by atoms with E-state index in [0.29, 0.717) is 23.7 Å². The minimum atomic E-state index is -1.74. The number of fused-ring (bicyclic) bond motifs is 7. The summed E-state index contributed by atoms with van der Waals surface area (Å²) < 4.78 is 7.15. The molecule has 0 spiro atoms. The Hall–Kier alpha value is -0.683. The van der Waals surface area contributed by atoms with E-state index in [1.807, 2.05) is 0 Å². The van der Waals surface area contributed by atoms with Crippen LogP contribution in [0, 0.1) is 29.1 Å². The van der Waals surface area contributed by atoms with Crippen molar-refractivity contribution in [1.82, 2.24) is 0 Å². The molecule has 4 aliphatic carbocycles. The summed E-state index contributed by atoms with van der Waals surface area (Å²) in [6.45, 7) is 12.0. The number of rotatable bonds is 4. The number of aliphatic hydroxyl groups is 2. The van der Waals surface area contributed by atoms with Crippen molar-refractivity contribution >= 4 is 8.32 Å². The molecule has 0 heterocycles. The molecule has 0 bridgehead atoms. The Morgan fingerprint density at radius 2 is 1.97 bits per heavy atom. The van der Waals surface area contributed by atoms with Crippen molar-refractivity contribution in [3.63, 3.8) is 0 Å². The van der Waals surface area contributed by atoms with Gasteiger partial charge in [-0.15, -0.1) is 0 Å². The highest BCUT2D eigenvalue weighted by Gasteiger charge is 2.70. The quantitative estimate of drug-likeness (QED) is 0.593. The van der Waals surface area contributed by atoms with E-state index in [2.05, 4.69) is 51.7 Å². The summed E-state index contributed by atoms with van der Waals surface area (Å²) >= 11 is 0. The monoisotopic (exact) mass is 442 g/mol. The third-order valence-electron chi connectivity index (χ3n) is 9.81. The van der Waals surface area contributed by atoms with Gasteiger partial charge >= 0.3 is 0 Å². The summed E-state index contributed by atoms with van der Waals surface area (Å²) in [5.41, 5.74) is 4.16. The Kier molecular flexibility index (Phi) is 5.29. The van der Waals surface area contributed by atoms with E-state index in [9.17, 15) is 10.2 Å². The summed E-state index contributed by atoms with van der Waals surface area (Å²) in [5.74, 6) is 3.28. The molecule has 1 aromatic carbocycles. The molecule has 0 aliphatic heterocycles. The maximum absolute atomic E-state index is 10.7. The largest absolute Gasteiger partial charge is 0.411 e. The molecule has 0 radical (unpaired) electrons. The zero-order valence-corrected chi connectivity index (χ0v) is 21.2. The Labute approximate surface area is 189 Å². The Morgan fingerprint density at radius 3 is 2.65 bits per heavy atom. The van der Waals surface area contributed by atoms with Crippen molar-refractivity contribution in [2.75, 3.05) is 0 Å². The first-order valence-corrected chi connectivity index (χ1v) is 16.1. The minimum Gasteiger partial charge on any atom is -0.411 e. The maximum Gasteiger partial charge on any atom is 0.184 e. The fraction of sp³-hybridized carbons (Fsp3) is 0.778. The molecule has 4 aliphatic rings. The molecular formula is C27H42O3Si. The summed E-state index contributed by atoms with van der Waals surface area (Å²) in [6.07, 6.45) is 7.65. The van der Waals surface area contributed by atoms with Crippen molar-refractivity contribution in [3.05, 3.63) is 34.9 Å². The summed E-state index contributed by atoms with van der Waals surface area (Å²) in [4.78, 5) is 0. The first-order valence-electron chi connectivity index (χ1n) is 12.7. The summed E-state index contributed by atoms with van der Waals surface area (Å²) in [7, 11) is -1.74. The van der Waals surface area contributed by atoms with E-state index in [0.717, 1.165) is 30.7 Å². The van der Waals surface area contributed by atoms with E-state index >= 15 is 0 Å². The van der Waals surface area contributed by atoms with Gasteiger partial charge in [0.1, 0.15) is 0 Å². The van der Waals surface area contributed by atoms with Crippen LogP contribution in [0.4, 0.5) is 0 Å². The molecule has 3 nitrogen and oxygen atoms in total. The SMILES string of the molecule is CC[C@@H]1Cc2cc(CO)ccc2C2CC[C@@]3(C)C(C[C@H]4C[C@H](O)C[C@]43O[Si](C)(C)C)C21. The van der Waals surface area contributed by atoms with Gasteiger partial charge in [0, 0.05) is 6.42 Å². The maximum atomic E-state index is 10.7. The molecule has 172 valence electrons. The van der Waals surface area contributed by atoms with Gasteiger partial charge in [0.15, 0.2) is 8.32 Å². The zero-order chi connectivity index (χ0) is 22.2. The second-order valence-electron chi connectivity index (χ2n) is 12.4. The van der Waals surface area contributed by atoms with Crippen LogP contribution in [0.5, 0.6) is 0 Å². The Balaban J connectivity index is 1.56. The van der Waals surface area contributed by atoms with Gasteiger partial charge in [-0.3, -0.25) is 0 Å². The highest BCUT2D eigenvalue weighted by molar-refractivity contribution is 6.69. The first-order chi connectivity index (χ1) is 14.6. The van der Waals surface area contributed by atoms with Gasteiger partial charge in [-0.2, -0.15) is 0 Å².